The third-order valence-electron chi connectivity index (χ3n) is 2.86. The topological polar surface area (TPSA) is 40.5 Å². The molecule has 0 amide bonds. The first kappa shape index (κ1) is 12.2. The van der Waals surface area contributed by atoms with Crippen LogP contribution in [-0.4, -0.2) is 16.3 Å². The van der Waals surface area contributed by atoms with Crippen molar-refractivity contribution in [3.8, 4) is 0 Å². The highest BCUT2D eigenvalue weighted by molar-refractivity contribution is 5.18. The average Bonchev–Trinajstić information content (AvgIpc) is 2.27. The van der Waals surface area contributed by atoms with E-state index >= 15 is 0 Å². The van der Waals surface area contributed by atoms with E-state index in [0.717, 1.165) is 5.56 Å². The Balaban J connectivity index is 2.73. The fourth-order valence-corrected chi connectivity index (χ4v) is 1.75. The predicted molar refractivity (Wildman–Crippen MR) is 61.4 cm³/mol. The van der Waals surface area contributed by atoms with Crippen molar-refractivity contribution in [2.24, 2.45) is 11.8 Å². The van der Waals surface area contributed by atoms with E-state index in [9.17, 15) is 10.2 Å². The number of hydrogen-bond donors (Lipinski definition) is 2. The largest absolute Gasteiger partial charge is 0.392 e. The first-order valence-corrected chi connectivity index (χ1v) is 5.45. The minimum atomic E-state index is -0.594. The summed E-state index contributed by atoms with van der Waals surface area (Å²) in [5.41, 5.74) is 0.865. The lowest BCUT2D eigenvalue weighted by molar-refractivity contribution is -0.00309. The van der Waals surface area contributed by atoms with Gasteiger partial charge in [0.1, 0.15) is 0 Å². The Labute approximate surface area is 91.6 Å². The summed E-state index contributed by atoms with van der Waals surface area (Å²) in [5.74, 6) is 0.0192. The quantitative estimate of drug-likeness (QED) is 0.797. The number of benzene rings is 1. The average molecular weight is 208 g/mol. The highest BCUT2D eigenvalue weighted by Gasteiger charge is 2.25. The molecule has 0 saturated heterocycles. The molecule has 0 aliphatic heterocycles. The lowest BCUT2D eigenvalue weighted by atomic mass is 9.87. The first-order valence-electron chi connectivity index (χ1n) is 5.45. The third kappa shape index (κ3) is 3.05. The van der Waals surface area contributed by atoms with Gasteiger partial charge in [0, 0.05) is 5.92 Å². The van der Waals surface area contributed by atoms with Crippen LogP contribution in [0.25, 0.3) is 0 Å². The molecule has 0 spiro atoms. The van der Waals surface area contributed by atoms with Crippen LogP contribution in [0.15, 0.2) is 30.3 Å². The van der Waals surface area contributed by atoms with E-state index in [1.54, 1.807) is 0 Å². The lowest BCUT2D eigenvalue weighted by Gasteiger charge is -2.26. The zero-order chi connectivity index (χ0) is 11.4. The van der Waals surface area contributed by atoms with Gasteiger partial charge in [0.2, 0.25) is 0 Å². The maximum atomic E-state index is 10.0. The number of aliphatic hydroxyl groups excluding tert-OH is 2. The molecule has 0 aliphatic carbocycles. The van der Waals surface area contributed by atoms with Gasteiger partial charge in [-0.2, -0.15) is 0 Å². The molecule has 1 aromatic rings. The SMILES string of the molecule is CC(C)[C@@H](O)[C@H](C)[C@@H](O)c1ccccc1. The van der Waals surface area contributed by atoms with Crippen molar-refractivity contribution < 1.29 is 10.2 Å². The molecular formula is C13H20O2. The van der Waals surface area contributed by atoms with Crippen molar-refractivity contribution in [2.75, 3.05) is 0 Å². The number of aliphatic hydroxyl groups is 2. The van der Waals surface area contributed by atoms with Crippen LogP contribution in [0.3, 0.4) is 0 Å². The van der Waals surface area contributed by atoms with Gasteiger partial charge in [-0.25, -0.2) is 0 Å². The second kappa shape index (κ2) is 5.29. The molecule has 0 aromatic heterocycles. The Bertz CT molecular complexity index is 282. The van der Waals surface area contributed by atoms with Crippen LogP contribution in [0.1, 0.15) is 32.4 Å². The smallest absolute Gasteiger partial charge is 0.0840 e. The van der Waals surface area contributed by atoms with Crippen molar-refractivity contribution in [2.45, 2.75) is 33.0 Å². The second-order valence-electron chi connectivity index (χ2n) is 4.45. The van der Waals surface area contributed by atoms with E-state index in [1.165, 1.54) is 0 Å². The van der Waals surface area contributed by atoms with Gasteiger partial charge in [0.15, 0.2) is 0 Å². The normalized spacial score (nSPS) is 17.5. The van der Waals surface area contributed by atoms with Crippen LogP contribution in [0.4, 0.5) is 0 Å². The van der Waals surface area contributed by atoms with Gasteiger partial charge >= 0.3 is 0 Å². The molecule has 3 atom stereocenters. The van der Waals surface area contributed by atoms with Crippen molar-refractivity contribution in [1.82, 2.24) is 0 Å². The van der Waals surface area contributed by atoms with Crippen LogP contribution in [0, 0.1) is 11.8 Å². The van der Waals surface area contributed by atoms with E-state index in [0.29, 0.717) is 0 Å². The summed E-state index contributed by atoms with van der Waals surface area (Å²) >= 11 is 0. The van der Waals surface area contributed by atoms with Crippen LogP contribution in [0.5, 0.6) is 0 Å². The molecule has 0 radical (unpaired) electrons. The number of rotatable bonds is 4. The van der Waals surface area contributed by atoms with Crippen molar-refractivity contribution in [3.63, 3.8) is 0 Å². The monoisotopic (exact) mass is 208 g/mol. The van der Waals surface area contributed by atoms with E-state index < -0.39 is 12.2 Å². The standard InChI is InChI=1S/C13H20O2/c1-9(2)12(14)10(3)13(15)11-7-5-4-6-8-11/h4-10,12-15H,1-3H3/t10-,12+,13+/m0/s1. The van der Waals surface area contributed by atoms with Crippen LogP contribution in [-0.2, 0) is 0 Å². The summed E-state index contributed by atoms with van der Waals surface area (Å²) in [6.45, 7) is 5.79. The van der Waals surface area contributed by atoms with E-state index in [4.69, 9.17) is 0 Å². The molecule has 1 aromatic carbocycles. The second-order valence-corrected chi connectivity index (χ2v) is 4.45. The van der Waals surface area contributed by atoms with Crippen molar-refractivity contribution in [1.29, 1.82) is 0 Å². The Morgan fingerprint density at radius 2 is 1.47 bits per heavy atom. The van der Waals surface area contributed by atoms with Crippen molar-refractivity contribution in [3.05, 3.63) is 35.9 Å². The van der Waals surface area contributed by atoms with Gasteiger partial charge in [-0.1, -0.05) is 51.1 Å². The molecule has 0 unspecified atom stereocenters. The van der Waals surface area contributed by atoms with E-state index in [2.05, 4.69) is 0 Å². The molecule has 84 valence electrons. The summed E-state index contributed by atoms with van der Waals surface area (Å²) in [6.07, 6.45) is -1.07. The fourth-order valence-electron chi connectivity index (χ4n) is 1.75. The van der Waals surface area contributed by atoms with Crippen LogP contribution < -0.4 is 0 Å². The summed E-state index contributed by atoms with van der Waals surface area (Å²) in [6, 6.07) is 9.47. The molecule has 0 bridgehead atoms. The molecule has 2 heteroatoms. The van der Waals surface area contributed by atoms with E-state index in [-0.39, 0.29) is 11.8 Å². The molecule has 2 N–H and O–H groups in total. The first-order chi connectivity index (χ1) is 7.04. The molecular weight excluding hydrogens is 188 g/mol. The highest BCUT2D eigenvalue weighted by atomic mass is 16.3. The molecule has 0 aliphatic rings. The van der Waals surface area contributed by atoms with Gasteiger partial charge in [-0.05, 0) is 11.5 Å². The zero-order valence-electron chi connectivity index (χ0n) is 9.59. The molecule has 0 heterocycles. The Kier molecular flexibility index (Phi) is 4.30. The third-order valence-corrected chi connectivity index (χ3v) is 2.86. The minimum absolute atomic E-state index is 0.146. The zero-order valence-corrected chi connectivity index (χ0v) is 9.59. The highest BCUT2D eigenvalue weighted by Crippen LogP contribution is 2.27. The number of hydrogen-bond acceptors (Lipinski definition) is 2. The Hall–Kier alpha value is -0.860. The van der Waals surface area contributed by atoms with Crippen LogP contribution in [0.2, 0.25) is 0 Å². The lowest BCUT2D eigenvalue weighted by Crippen LogP contribution is -2.28. The Morgan fingerprint density at radius 3 is 1.93 bits per heavy atom. The molecule has 0 fully saturated rings. The van der Waals surface area contributed by atoms with Crippen LogP contribution >= 0.6 is 0 Å². The van der Waals surface area contributed by atoms with E-state index in [1.807, 2.05) is 51.1 Å². The van der Waals surface area contributed by atoms with Gasteiger partial charge in [0.25, 0.3) is 0 Å². The maximum absolute atomic E-state index is 10.0. The van der Waals surface area contributed by atoms with Crippen molar-refractivity contribution >= 4 is 0 Å². The molecule has 0 saturated carbocycles. The fraction of sp³-hybridized carbons (Fsp3) is 0.538. The Morgan fingerprint density at radius 1 is 0.933 bits per heavy atom. The summed E-state index contributed by atoms with van der Waals surface area (Å²) in [7, 11) is 0. The maximum Gasteiger partial charge on any atom is 0.0840 e. The van der Waals surface area contributed by atoms with Gasteiger partial charge in [-0.15, -0.1) is 0 Å². The van der Waals surface area contributed by atoms with Gasteiger partial charge in [-0.3, -0.25) is 0 Å². The predicted octanol–water partition coefficient (Wildman–Crippen LogP) is 2.37. The summed E-state index contributed by atoms with van der Waals surface area (Å²) in [5, 5.41) is 19.9. The minimum Gasteiger partial charge on any atom is -0.392 e. The van der Waals surface area contributed by atoms with Gasteiger partial charge in [0.05, 0.1) is 12.2 Å². The van der Waals surface area contributed by atoms with Gasteiger partial charge < -0.3 is 10.2 Å². The molecule has 15 heavy (non-hydrogen) atoms. The summed E-state index contributed by atoms with van der Waals surface area (Å²) in [4.78, 5) is 0. The summed E-state index contributed by atoms with van der Waals surface area (Å²) < 4.78 is 0. The molecule has 1 rings (SSSR count). The molecule has 2 nitrogen and oxygen atoms in total.